The van der Waals surface area contributed by atoms with Gasteiger partial charge in [-0.2, -0.15) is 0 Å². The fraction of sp³-hybridized carbons (Fsp3) is 0.500. The lowest BCUT2D eigenvalue weighted by Gasteiger charge is -2.15. The van der Waals surface area contributed by atoms with E-state index in [1.165, 1.54) is 18.4 Å². The smallest absolute Gasteiger partial charge is 0.126 e. The highest BCUT2D eigenvalue weighted by Crippen LogP contribution is 2.23. The van der Waals surface area contributed by atoms with Crippen LogP contribution in [0.15, 0.2) is 18.3 Å². The summed E-state index contributed by atoms with van der Waals surface area (Å²) in [6.07, 6.45) is 6.55. The summed E-state index contributed by atoms with van der Waals surface area (Å²) in [6.45, 7) is 4.00. The molecule has 2 rings (SSSR count). The lowest BCUT2D eigenvalue weighted by molar-refractivity contribution is 0.499. The number of unbranched alkanes of at least 4 members (excludes halogenated alkanes) is 1. The van der Waals surface area contributed by atoms with Gasteiger partial charge in [-0.25, -0.2) is 4.39 Å². The molecule has 0 aliphatic heterocycles. The first-order valence-corrected chi connectivity index (χ1v) is 7.09. The first-order valence-electron chi connectivity index (χ1n) is 7.09. The molecule has 0 amide bonds. The van der Waals surface area contributed by atoms with Gasteiger partial charge < -0.3 is 10.3 Å². The largest absolute Gasteiger partial charge is 0.361 e. The maximum absolute atomic E-state index is 13.7. The van der Waals surface area contributed by atoms with E-state index in [9.17, 15) is 4.39 Å². The van der Waals surface area contributed by atoms with Gasteiger partial charge >= 0.3 is 0 Å². The molecule has 1 heterocycles. The third kappa shape index (κ3) is 3.16. The summed E-state index contributed by atoms with van der Waals surface area (Å²) in [5.74, 6) is -0.122. The zero-order valence-electron chi connectivity index (χ0n) is 12.0. The molecule has 1 aromatic heterocycles. The van der Waals surface area contributed by atoms with Crippen molar-refractivity contribution in [1.29, 1.82) is 0 Å². The number of benzene rings is 1. The second-order valence-corrected chi connectivity index (χ2v) is 5.29. The minimum Gasteiger partial charge on any atom is -0.361 e. The average molecular weight is 262 g/mol. The number of hydrogen-bond donors (Lipinski definition) is 2. The van der Waals surface area contributed by atoms with Crippen LogP contribution < -0.4 is 5.32 Å². The number of hydrogen-bond acceptors (Lipinski definition) is 1. The molecule has 1 unspecified atom stereocenters. The van der Waals surface area contributed by atoms with E-state index in [1.54, 1.807) is 13.0 Å². The zero-order chi connectivity index (χ0) is 13.8. The second-order valence-electron chi connectivity index (χ2n) is 5.29. The molecule has 0 aliphatic carbocycles. The number of aryl methyl sites for hydroxylation is 1. The van der Waals surface area contributed by atoms with E-state index >= 15 is 0 Å². The number of likely N-dealkylation sites (N-methyl/N-ethyl adjacent to an activating group) is 1. The molecule has 0 bridgehead atoms. The Kier molecular flexibility index (Phi) is 4.59. The van der Waals surface area contributed by atoms with Crippen molar-refractivity contribution in [3.8, 4) is 0 Å². The van der Waals surface area contributed by atoms with Crippen molar-refractivity contribution in [2.24, 2.45) is 0 Å². The summed E-state index contributed by atoms with van der Waals surface area (Å²) < 4.78 is 13.7. The normalized spacial score (nSPS) is 13.1. The molecular formula is C16H23FN2. The number of nitrogens with one attached hydrogen (secondary N) is 2. The Labute approximate surface area is 114 Å². The van der Waals surface area contributed by atoms with Crippen LogP contribution in [0.4, 0.5) is 4.39 Å². The van der Waals surface area contributed by atoms with Gasteiger partial charge in [0.2, 0.25) is 0 Å². The van der Waals surface area contributed by atoms with Crippen LogP contribution in [0.3, 0.4) is 0 Å². The highest BCUT2D eigenvalue weighted by Gasteiger charge is 2.12. The number of rotatable bonds is 6. The summed E-state index contributed by atoms with van der Waals surface area (Å²) in [7, 11) is 2.00. The van der Waals surface area contributed by atoms with Crippen LogP contribution in [0.1, 0.15) is 37.3 Å². The second kappa shape index (κ2) is 6.20. The van der Waals surface area contributed by atoms with Gasteiger partial charge in [-0.3, -0.25) is 0 Å². The minimum atomic E-state index is -0.122. The van der Waals surface area contributed by atoms with E-state index < -0.39 is 0 Å². The summed E-state index contributed by atoms with van der Waals surface area (Å²) in [5.41, 5.74) is 2.92. The molecule has 2 N–H and O–H groups in total. The number of fused-ring (bicyclic) bond motifs is 1. The molecule has 0 saturated heterocycles. The fourth-order valence-electron chi connectivity index (χ4n) is 2.54. The Morgan fingerprint density at radius 2 is 2.16 bits per heavy atom. The number of aromatic nitrogens is 1. The van der Waals surface area contributed by atoms with Crippen molar-refractivity contribution >= 4 is 10.9 Å². The third-order valence-electron chi connectivity index (χ3n) is 3.83. The van der Waals surface area contributed by atoms with Gasteiger partial charge in [0.25, 0.3) is 0 Å². The van der Waals surface area contributed by atoms with Crippen LogP contribution in [0.2, 0.25) is 0 Å². The third-order valence-corrected chi connectivity index (χ3v) is 3.83. The number of halogens is 1. The van der Waals surface area contributed by atoms with Crippen molar-refractivity contribution in [2.45, 2.75) is 45.6 Å². The van der Waals surface area contributed by atoms with Crippen LogP contribution in [0.25, 0.3) is 10.9 Å². The lowest BCUT2D eigenvalue weighted by atomic mass is 10.00. The lowest BCUT2D eigenvalue weighted by Crippen LogP contribution is -2.27. The molecule has 2 nitrogen and oxygen atoms in total. The predicted octanol–water partition coefficient (Wildman–Crippen LogP) is 3.94. The van der Waals surface area contributed by atoms with Gasteiger partial charge in [0.15, 0.2) is 0 Å². The SMILES string of the molecule is CCCCC(Cc1c[nH]c2cc(C)c(F)cc12)NC. The zero-order valence-corrected chi connectivity index (χ0v) is 12.0. The summed E-state index contributed by atoms with van der Waals surface area (Å²) in [5, 5.41) is 4.37. The predicted molar refractivity (Wildman–Crippen MR) is 79.1 cm³/mol. The van der Waals surface area contributed by atoms with Gasteiger partial charge in [0.1, 0.15) is 5.82 Å². The van der Waals surface area contributed by atoms with Crippen LogP contribution in [-0.4, -0.2) is 18.1 Å². The molecule has 104 valence electrons. The van der Waals surface area contributed by atoms with Gasteiger partial charge in [-0.05, 0) is 50.1 Å². The van der Waals surface area contributed by atoms with E-state index in [0.717, 1.165) is 23.7 Å². The molecular weight excluding hydrogens is 239 g/mol. The number of aromatic amines is 1. The molecule has 19 heavy (non-hydrogen) atoms. The van der Waals surface area contributed by atoms with Gasteiger partial charge in [0.05, 0.1) is 0 Å². The first-order chi connectivity index (χ1) is 9.15. The van der Waals surface area contributed by atoms with Crippen molar-refractivity contribution in [3.05, 3.63) is 35.3 Å². The first kappa shape index (κ1) is 14.1. The Balaban J connectivity index is 2.22. The molecule has 3 heteroatoms. The standard InChI is InChI=1S/C16H23FN2/c1-4-5-6-13(18-3)8-12-10-19-16-7-11(2)15(17)9-14(12)16/h7,9-10,13,18-19H,4-6,8H2,1-3H3. The van der Waals surface area contributed by atoms with Gasteiger partial charge in [0, 0.05) is 23.1 Å². The van der Waals surface area contributed by atoms with E-state index in [-0.39, 0.29) is 5.82 Å². The van der Waals surface area contributed by atoms with Crippen molar-refractivity contribution in [2.75, 3.05) is 7.05 Å². The monoisotopic (exact) mass is 262 g/mol. The molecule has 0 fully saturated rings. The Morgan fingerprint density at radius 3 is 2.84 bits per heavy atom. The number of H-pyrrole nitrogens is 1. The van der Waals surface area contributed by atoms with Crippen LogP contribution >= 0.6 is 0 Å². The summed E-state index contributed by atoms with van der Waals surface area (Å²) in [6, 6.07) is 4.00. The summed E-state index contributed by atoms with van der Waals surface area (Å²) in [4.78, 5) is 3.25. The summed E-state index contributed by atoms with van der Waals surface area (Å²) >= 11 is 0. The fourth-order valence-corrected chi connectivity index (χ4v) is 2.54. The highest BCUT2D eigenvalue weighted by molar-refractivity contribution is 5.84. The van der Waals surface area contributed by atoms with Crippen LogP contribution in [0.5, 0.6) is 0 Å². The van der Waals surface area contributed by atoms with Crippen molar-refractivity contribution < 1.29 is 4.39 Å². The van der Waals surface area contributed by atoms with E-state index in [4.69, 9.17) is 0 Å². The maximum atomic E-state index is 13.7. The van der Waals surface area contributed by atoms with Crippen LogP contribution in [-0.2, 0) is 6.42 Å². The molecule has 1 aromatic carbocycles. The molecule has 0 aliphatic rings. The highest BCUT2D eigenvalue weighted by atomic mass is 19.1. The van der Waals surface area contributed by atoms with Crippen molar-refractivity contribution in [1.82, 2.24) is 10.3 Å². The topological polar surface area (TPSA) is 27.8 Å². The Bertz CT molecular complexity index is 545. The van der Waals surface area contributed by atoms with E-state index in [1.807, 2.05) is 19.3 Å². The molecule has 0 saturated carbocycles. The molecule has 0 radical (unpaired) electrons. The van der Waals surface area contributed by atoms with Crippen LogP contribution in [0, 0.1) is 12.7 Å². The van der Waals surface area contributed by atoms with Gasteiger partial charge in [-0.1, -0.05) is 19.8 Å². The van der Waals surface area contributed by atoms with Crippen molar-refractivity contribution in [3.63, 3.8) is 0 Å². The average Bonchev–Trinajstić information content (AvgIpc) is 2.77. The van der Waals surface area contributed by atoms with E-state index in [2.05, 4.69) is 17.2 Å². The quantitative estimate of drug-likeness (QED) is 0.811. The Morgan fingerprint density at radius 1 is 1.37 bits per heavy atom. The molecule has 0 spiro atoms. The maximum Gasteiger partial charge on any atom is 0.126 e. The van der Waals surface area contributed by atoms with E-state index in [0.29, 0.717) is 11.6 Å². The molecule has 1 atom stereocenters. The Hall–Kier alpha value is -1.35. The van der Waals surface area contributed by atoms with Gasteiger partial charge in [-0.15, -0.1) is 0 Å². The molecule has 2 aromatic rings. The minimum absolute atomic E-state index is 0.122.